The van der Waals surface area contributed by atoms with E-state index < -0.39 is 30.3 Å². The first kappa shape index (κ1) is 20.8. The average molecular weight is 371 g/mol. The fourth-order valence-corrected chi connectivity index (χ4v) is 1.90. The minimum atomic E-state index is -5.09. The van der Waals surface area contributed by atoms with Crippen LogP contribution in [0.1, 0.15) is 25.3 Å². The van der Waals surface area contributed by atoms with Crippen molar-refractivity contribution in [2.24, 2.45) is 0 Å². The van der Waals surface area contributed by atoms with Gasteiger partial charge in [0.05, 0.1) is 0 Å². The summed E-state index contributed by atoms with van der Waals surface area (Å²) in [6.45, 7) is 1.54. The van der Waals surface area contributed by atoms with Crippen molar-refractivity contribution in [3.8, 4) is 0 Å². The molecule has 0 aliphatic heterocycles. The molecular formula is C15H15F6NO3. The molecule has 1 aromatic carbocycles. The number of carbonyl (C=O) groups excluding carboxylic acids is 2. The normalized spacial score (nSPS) is 13.2. The number of esters is 1. The second-order valence-corrected chi connectivity index (χ2v) is 5.12. The number of nitrogens with one attached hydrogen (secondary N) is 1. The lowest BCUT2D eigenvalue weighted by atomic mass is 10.0. The standard InChI is InChI=1S/C15H15F6NO3/c1-2-11(25-13(24)15(19,20)21)7-6-9-4-3-5-10(8-9)22-12(23)14(16,17)18/h3-5,8,11H,2,6-7H2,1H3,(H,22,23). The largest absolute Gasteiger partial charge is 0.490 e. The van der Waals surface area contributed by atoms with Crippen LogP contribution in [0.4, 0.5) is 32.0 Å². The molecule has 0 bridgehead atoms. The molecule has 1 aromatic rings. The van der Waals surface area contributed by atoms with Gasteiger partial charge in [-0.05, 0) is 37.0 Å². The van der Waals surface area contributed by atoms with E-state index in [1.807, 2.05) is 0 Å². The predicted molar refractivity (Wildman–Crippen MR) is 75.7 cm³/mol. The number of benzene rings is 1. The zero-order valence-corrected chi connectivity index (χ0v) is 13.0. The van der Waals surface area contributed by atoms with Crippen molar-refractivity contribution < 1.29 is 40.7 Å². The maximum absolute atomic E-state index is 12.2. The molecule has 0 spiro atoms. The lowest BCUT2D eigenvalue weighted by Crippen LogP contribution is -2.30. The molecule has 10 heteroatoms. The van der Waals surface area contributed by atoms with Gasteiger partial charge in [-0.15, -0.1) is 0 Å². The number of aryl methyl sites for hydroxylation is 1. The van der Waals surface area contributed by atoms with Gasteiger partial charge in [0.2, 0.25) is 0 Å². The first-order chi connectivity index (χ1) is 11.4. The molecule has 0 aliphatic carbocycles. The Morgan fingerprint density at radius 3 is 2.28 bits per heavy atom. The lowest BCUT2D eigenvalue weighted by molar-refractivity contribution is -0.205. The van der Waals surface area contributed by atoms with Crippen molar-refractivity contribution in [3.63, 3.8) is 0 Å². The fraction of sp³-hybridized carbons (Fsp3) is 0.467. The van der Waals surface area contributed by atoms with Gasteiger partial charge < -0.3 is 10.1 Å². The van der Waals surface area contributed by atoms with Crippen molar-refractivity contribution in [2.75, 3.05) is 5.32 Å². The maximum atomic E-state index is 12.2. The van der Waals surface area contributed by atoms with Gasteiger partial charge in [0.1, 0.15) is 6.10 Å². The van der Waals surface area contributed by atoms with Crippen LogP contribution >= 0.6 is 0 Å². The second kappa shape index (κ2) is 8.21. The van der Waals surface area contributed by atoms with Gasteiger partial charge in [0.15, 0.2) is 0 Å². The predicted octanol–water partition coefficient (Wildman–Crippen LogP) is 4.00. The monoisotopic (exact) mass is 371 g/mol. The summed E-state index contributed by atoms with van der Waals surface area (Å²) in [6.07, 6.45) is -10.8. The van der Waals surface area contributed by atoms with Gasteiger partial charge in [-0.2, -0.15) is 26.3 Å². The Kier molecular flexibility index (Phi) is 6.83. The number of carbonyl (C=O) groups is 2. The molecule has 0 saturated heterocycles. The maximum Gasteiger partial charge on any atom is 0.490 e. The van der Waals surface area contributed by atoms with Gasteiger partial charge in [-0.3, -0.25) is 4.79 Å². The van der Waals surface area contributed by atoms with Crippen LogP contribution in [-0.4, -0.2) is 30.3 Å². The third-order valence-electron chi connectivity index (χ3n) is 3.16. The molecule has 25 heavy (non-hydrogen) atoms. The summed E-state index contributed by atoms with van der Waals surface area (Å²) in [5, 5.41) is 1.68. The van der Waals surface area contributed by atoms with Crippen LogP contribution in [0, 0.1) is 0 Å². The third kappa shape index (κ3) is 7.02. The Morgan fingerprint density at radius 2 is 1.76 bits per heavy atom. The highest BCUT2D eigenvalue weighted by molar-refractivity contribution is 5.94. The van der Waals surface area contributed by atoms with Crippen LogP contribution in [-0.2, 0) is 20.7 Å². The quantitative estimate of drug-likeness (QED) is 0.607. The first-order valence-electron chi connectivity index (χ1n) is 7.18. The Morgan fingerprint density at radius 1 is 1.12 bits per heavy atom. The van der Waals surface area contributed by atoms with Gasteiger partial charge in [0, 0.05) is 5.69 Å². The summed E-state index contributed by atoms with van der Waals surface area (Å²) in [4.78, 5) is 21.7. The Bertz CT molecular complexity index is 612. The highest BCUT2D eigenvalue weighted by atomic mass is 19.4. The lowest BCUT2D eigenvalue weighted by Gasteiger charge is -2.17. The number of rotatable bonds is 6. The number of hydrogen-bond acceptors (Lipinski definition) is 3. The van der Waals surface area contributed by atoms with E-state index in [2.05, 4.69) is 4.74 Å². The van der Waals surface area contributed by atoms with Crippen LogP contribution in [0.15, 0.2) is 24.3 Å². The van der Waals surface area contributed by atoms with Gasteiger partial charge in [-0.1, -0.05) is 19.1 Å². The minimum Gasteiger partial charge on any atom is -0.456 e. The summed E-state index contributed by atoms with van der Waals surface area (Å²) in [5.74, 6) is -4.42. The molecule has 0 fully saturated rings. The molecule has 0 saturated carbocycles. The van der Waals surface area contributed by atoms with Crippen molar-refractivity contribution in [2.45, 2.75) is 44.6 Å². The molecule has 0 radical (unpaired) electrons. The minimum absolute atomic E-state index is 0.0506. The van der Waals surface area contributed by atoms with Crippen LogP contribution in [0.25, 0.3) is 0 Å². The second-order valence-electron chi connectivity index (χ2n) is 5.12. The summed E-state index contributed by atoms with van der Waals surface area (Å²) < 4.78 is 77.5. The van der Waals surface area contributed by atoms with E-state index >= 15 is 0 Å². The van der Waals surface area contributed by atoms with Crippen molar-refractivity contribution in [1.29, 1.82) is 0 Å². The van der Waals surface area contributed by atoms with Gasteiger partial charge in [0.25, 0.3) is 0 Å². The van der Waals surface area contributed by atoms with Gasteiger partial charge >= 0.3 is 24.2 Å². The molecule has 140 valence electrons. The smallest absolute Gasteiger partial charge is 0.456 e. The van der Waals surface area contributed by atoms with E-state index in [0.717, 1.165) is 0 Å². The Balaban J connectivity index is 2.66. The molecular weight excluding hydrogens is 356 g/mol. The average Bonchev–Trinajstić information content (AvgIpc) is 2.49. The molecule has 1 atom stereocenters. The highest BCUT2D eigenvalue weighted by Crippen LogP contribution is 2.22. The number of hydrogen-bond donors (Lipinski definition) is 1. The van der Waals surface area contributed by atoms with Crippen molar-refractivity contribution in [3.05, 3.63) is 29.8 Å². The van der Waals surface area contributed by atoms with Crippen molar-refractivity contribution >= 4 is 17.6 Å². The Labute approximate surface area is 139 Å². The highest BCUT2D eigenvalue weighted by Gasteiger charge is 2.42. The van der Waals surface area contributed by atoms with E-state index in [0.29, 0.717) is 5.56 Å². The number of ether oxygens (including phenoxy) is 1. The topological polar surface area (TPSA) is 55.4 Å². The molecule has 0 aromatic heterocycles. The number of halogens is 6. The van der Waals surface area contributed by atoms with Crippen LogP contribution < -0.4 is 5.32 Å². The molecule has 1 N–H and O–H groups in total. The first-order valence-corrected chi connectivity index (χ1v) is 7.18. The molecule has 1 amide bonds. The molecule has 0 heterocycles. The van der Waals surface area contributed by atoms with E-state index in [1.165, 1.54) is 31.2 Å². The third-order valence-corrected chi connectivity index (χ3v) is 3.16. The Hall–Kier alpha value is -2.26. The summed E-state index contributed by atoms with van der Waals surface area (Å²) in [5.41, 5.74) is 0.377. The van der Waals surface area contributed by atoms with Crippen LogP contribution in [0.5, 0.6) is 0 Å². The van der Waals surface area contributed by atoms with E-state index in [-0.39, 0.29) is 24.9 Å². The number of amides is 1. The zero-order chi connectivity index (χ0) is 19.3. The SMILES string of the molecule is CCC(CCc1cccc(NC(=O)C(F)(F)F)c1)OC(=O)C(F)(F)F. The summed E-state index contributed by atoms with van der Waals surface area (Å²) in [6, 6.07) is 5.43. The van der Waals surface area contributed by atoms with Crippen LogP contribution in [0.3, 0.4) is 0 Å². The zero-order valence-electron chi connectivity index (χ0n) is 13.0. The molecule has 1 rings (SSSR count). The number of alkyl halides is 6. The number of anilines is 1. The van der Waals surface area contributed by atoms with Gasteiger partial charge in [-0.25, -0.2) is 4.79 Å². The van der Waals surface area contributed by atoms with E-state index in [9.17, 15) is 35.9 Å². The van der Waals surface area contributed by atoms with Crippen molar-refractivity contribution in [1.82, 2.24) is 0 Å². The molecule has 1 unspecified atom stereocenters. The fourth-order valence-electron chi connectivity index (χ4n) is 1.90. The van der Waals surface area contributed by atoms with E-state index in [4.69, 9.17) is 0 Å². The van der Waals surface area contributed by atoms with Crippen LogP contribution in [0.2, 0.25) is 0 Å². The molecule has 4 nitrogen and oxygen atoms in total. The summed E-state index contributed by atoms with van der Waals surface area (Å²) in [7, 11) is 0. The summed E-state index contributed by atoms with van der Waals surface area (Å²) >= 11 is 0. The molecule has 0 aliphatic rings. The van der Waals surface area contributed by atoms with E-state index in [1.54, 1.807) is 5.32 Å².